The molecule has 3 N–H and O–H groups in total. The van der Waals surface area contributed by atoms with Crippen molar-refractivity contribution in [2.45, 2.75) is 33.2 Å². The summed E-state index contributed by atoms with van der Waals surface area (Å²) < 4.78 is 0. The maximum atomic E-state index is 10.0. The van der Waals surface area contributed by atoms with Crippen LogP contribution in [0, 0.1) is 5.92 Å². The van der Waals surface area contributed by atoms with Crippen molar-refractivity contribution in [3.8, 4) is 5.75 Å². The molecule has 3 rings (SSSR count). The molecule has 2 atom stereocenters. The molecule has 1 aromatic rings. The van der Waals surface area contributed by atoms with Crippen LogP contribution < -0.4 is 5.73 Å². The number of aliphatic imine (C=N–C) groups is 1. The Labute approximate surface area is 150 Å². The number of allylic oxidation sites excluding steroid dienone is 3. The number of amidine groups is 1. The van der Waals surface area contributed by atoms with Crippen molar-refractivity contribution in [3.05, 3.63) is 64.9 Å². The number of aromatic hydroxyl groups is 1. The average Bonchev–Trinajstić information content (AvgIpc) is 3.01. The number of rotatable bonds is 3. The third kappa shape index (κ3) is 3.78. The van der Waals surface area contributed by atoms with Crippen molar-refractivity contribution >= 4 is 5.84 Å². The zero-order chi connectivity index (χ0) is 18.0. The van der Waals surface area contributed by atoms with Crippen molar-refractivity contribution in [2.75, 3.05) is 13.1 Å². The van der Waals surface area contributed by atoms with Gasteiger partial charge in [-0.3, -0.25) is 4.99 Å². The Balaban J connectivity index is 1.95. The summed E-state index contributed by atoms with van der Waals surface area (Å²) in [5, 5.41) is 10.0. The monoisotopic (exact) mass is 337 g/mol. The molecule has 0 spiro atoms. The Bertz CT molecular complexity index is 773. The third-order valence-corrected chi connectivity index (χ3v) is 5.04. The Morgan fingerprint density at radius 3 is 2.72 bits per heavy atom. The zero-order valence-corrected chi connectivity index (χ0v) is 15.2. The first-order valence-corrected chi connectivity index (χ1v) is 8.89. The number of phenolic OH excluding ortho intramolecular Hbond substituents is 1. The SMILES string of the molecule is CC1=CC(N=C(N)c2ccccc2O)/C(=C(\C)N2CCC(C)C2)C=C1. The van der Waals surface area contributed by atoms with Crippen LogP contribution in [0.3, 0.4) is 0 Å². The van der Waals surface area contributed by atoms with Gasteiger partial charge in [-0.25, -0.2) is 0 Å². The van der Waals surface area contributed by atoms with Gasteiger partial charge in [0.25, 0.3) is 0 Å². The molecule has 0 saturated carbocycles. The summed E-state index contributed by atoms with van der Waals surface area (Å²) in [5.74, 6) is 1.25. The van der Waals surface area contributed by atoms with E-state index in [-0.39, 0.29) is 11.8 Å². The topological polar surface area (TPSA) is 61.9 Å². The molecule has 1 saturated heterocycles. The predicted molar refractivity (Wildman–Crippen MR) is 104 cm³/mol. The smallest absolute Gasteiger partial charge is 0.130 e. The van der Waals surface area contributed by atoms with E-state index in [0.29, 0.717) is 11.4 Å². The van der Waals surface area contributed by atoms with Crippen molar-refractivity contribution in [1.82, 2.24) is 4.90 Å². The summed E-state index contributed by atoms with van der Waals surface area (Å²) in [4.78, 5) is 7.17. The summed E-state index contributed by atoms with van der Waals surface area (Å²) in [6, 6.07) is 6.94. The lowest BCUT2D eigenvalue weighted by Crippen LogP contribution is -2.24. The molecule has 1 aromatic carbocycles. The van der Waals surface area contributed by atoms with Gasteiger partial charge in [0.15, 0.2) is 0 Å². The molecule has 0 amide bonds. The van der Waals surface area contributed by atoms with E-state index in [1.54, 1.807) is 18.2 Å². The van der Waals surface area contributed by atoms with Gasteiger partial charge in [0.05, 0.1) is 11.6 Å². The molecule has 1 aliphatic carbocycles. The van der Waals surface area contributed by atoms with E-state index in [2.05, 4.69) is 43.9 Å². The van der Waals surface area contributed by atoms with Crippen molar-refractivity contribution in [1.29, 1.82) is 0 Å². The Morgan fingerprint density at radius 1 is 1.28 bits per heavy atom. The average molecular weight is 337 g/mol. The quantitative estimate of drug-likeness (QED) is 0.654. The fourth-order valence-corrected chi connectivity index (χ4v) is 3.49. The molecule has 4 nitrogen and oxygen atoms in total. The van der Waals surface area contributed by atoms with Gasteiger partial charge >= 0.3 is 0 Å². The number of phenols is 1. The number of para-hydroxylation sites is 1. The first-order valence-electron chi connectivity index (χ1n) is 8.89. The summed E-state index contributed by atoms with van der Waals surface area (Å²) in [5.41, 5.74) is 10.4. The molecule has 25 heavy (non-hydrogen) atoms. The third-order valence-electron chi connectivity index (χ3n) is 5.04. The number of benzene rings is 1. The van der Waals surface area contributed by atoms with Gasteiger partial charge in [-0.05, 0) is 43.9 Å². The zero-order valence-electron chi connectivity index (χ0n) is 15.2. The highest BCUT2D eigenvalue weighted by Gasteiger charge is 2.23. The van der Waals surface area contributed by atoms with E-state index in [1.165, 1.54) is 23.3 Å². The second kappa shape index (κ2) is 7.18. The molecule has 0 aromatic heterocycles. The van der Waals surface area contributed by atoms with Gasteiger partial charge < -0.3 is 15.7 Å². The Morgan fingerprint density at radius 2 is 2.04 bits per heavy atom. The van der Waals surface area contributed by atoms with Gasteiger partial charge in [-0.1, -0.05) is 42.9 Å². The molecule has 0 radical (unpaired) electrons. The molecule has 4 heteroatoms. The lowest BCUT2D eigenvalue weighted by Gasteiger charge is -2.26. The number of hydrogen-bond donors (Lipinski definition) is 2. The van der Waals surface area contributed by atoms with Crippen LogP contribution in [-0.4, -0.2) is 35.0 Å². The predicted octanol–water partition coefficient (Wildman–Crippen LogP) is 3.60. The van der Waals surface area contributed by atoms with E-state index in [1.807, 2.05) is 6.07 Å². The summed E-state index contributed by atoms with van der Waals surface area (Å²) in [6.07, 6.45) is 7.64. The molecule has 0 bridgehead atoms. The van der Waals surface area contributed by atoms with Crippen LogP contribution in [0.2, 0.25) is 0 Å². The molecular weight excluding hydrogens is 310 g/mol. The molecule has 2 aliphatic rings. The Kier molecular flexibility index (Phi) is 4.98. The highest BCUT2D eigenvalue weighted by molar-refractivity contribution is 6.00. The molecule has 2 unspecified atom stereocenters. The van der Waals surface area contributed by atoms with Crippen LogP contribution in [0.15, 0.2) is 64.3 Å². The number of nitrogens with zero attached hydrogens (tertiary/aromatic N) is 2. The lowest BCUT2D eigenvalue weighted by atomic mass is 9.96. The standard InChI is InChI=1S/C21H27N3O/c1-14-8-9-17(16(3)24-11-10-15(2)13-24)19(12-14)23-21(22)18-6-4-5-7-20(18)25/h4-9,12,15,19,25H,10-11,13H2,1-3H3,(H2,22,23)/b17-16+. The fourth-order valence-electron chi connectivity index (χ4n) is 3.49. The van der Waals surface area contributed by atoms with E-state index in [0.717, 1.165) is 19.0 Å². The minimum absolute atomic E-state index is 0.125. The largest absolute Gasteiger partial charge is 0.507 e. The van der Waals surface area contributed by atoms with Gasteiger partial charge in [0.2, 0.25) is 0 Å². The maximum absolute atomic E-state index is 10.0. The van der Waals surface area contributed by atoms with Crippen molar-refractivity contribution in [2.24, 2.45) is 16.6 Å². The van der Waals surface area contributed by atoms with E-state index in [9.17, 15) is 5.11 Å². The van der Waals surface area contributed by atoms with E-state index in [4.69, 9.17) is 10.7 Å². The van der Waals surface area contributed by atoms with Crippen molar-refractivity contribution < 1.29 is 5.11 Å². The second-order valence-corrected chi connectivity index (χ2v) is 7.10. The van der Waals surface area contributed by atoms with Crippen LogP contribution in [0.1, 0.15) is 32.8 Å². The number of nitrogens with two attached hydrogens (primary N) is 1. The number of likely N-dealkylation sites (tertiary alicyclic amines) is 1. The normalized spacial score (nSPS) is 26.0. The van der Waals surface area contributed by atoms with Crippen molar-refractivity contribution in [3.63, 3.8) is 0 Å². The van der Waals surface area contributed by atoms with Crippen LogP contribution in [0.25, 0.3) is 0 Å². The Hall–Kier alpha value is -2.49. The first kappa shape index (κ1) is 17.3. The lowest BCUT2D eigenvalue weighted by molar-refractivity contribution is 0.406. The molecular formula is C21H27N3O. The van der Waals surface area contributed by atoms with Gasteiger partial charge in [-0.15, -0.1) is 0 Å². The second-order valence-electron chi connectivity index (χ2n) is 7.10. The van der Waals surface area contributed by atoms with E-state index < -0.39 is 0 Å². The summed E-state index contributed by atoms with van der Waals surface area (Å²) in [7, 11) is 0. The van der Waals surface area contributed by atoms with Crippen LogP contribution >= 0.6 is 0 Å². The van der Waals surface area contributed by atoms with Crippen LogP contribution in [0.5, 0.6) is 5.75 Å². The van der Waals surface area contributed by atoms with Gasteiger partial charge in [0.1, 0.15) is 11.6 Å². The van der Waals surface area contributed by atoms with Gasteiger partial charge in [0, 0.05) is 18.8 Å². The molecule has 1 heterocycles. The highest BCUT2D eigenvalue weighted by Crippen LogP contribution is 2.28. The highest BCUT2D eigenvalue weighted by atomic mass is 16.3. The van der Waals surface area contributed by atoms with Gasteiger partial charge in [-0.2, -0.15) is 0 Å². The number of hydrogen-bond acceptors (Lipinski definition) is 3. The maximum Gasteiger partial charge on any atom is 0.130 e. The molecule has 1 aliphatic heterocycles. The van der Waals surface area contributed by atoms with E-state index >= 15 is 0 Å². The minimum atomic E-state index is -0.125. The fraction of sp³-hybridized carbons (Fsp3) is 0.381. The molecule has 1 fully saturated rings. The van der Waals surface area contributed by atoms with Crippen LogP contribution in [-0.2, 0) is 0 Å². The first-order chi connectivity index (χ1) is 12.0. The summed E-state index contributed by atoms with van der Waals surface area (Å²) in [6.45, 7) is 8.73. The van der Waals surface area contributed by atoms with Crippen LogP contribution in [0.4, 0.5) is 0 Å². The molecule has 132 valence electrons. The summed E-state index contributed by atoms with van der Waals surface area (Å²) >= 11 is 0. The minimum Gasteiger partial charge on any atom is -0.507 e.